The van der Waals surface area contributed by atoms with Crippen LogP contribution in [-0.2, 0) is 14.3 Å². The fraction of sp³-hybridized carbons (Fsp3) is 0.900. The number of carbonyl (C=O) groups excluding carboxylic acids is 1. The molecule has 0 aromatic carbocycles. The average molecular weight is 199 g/mol. The van der Waals surface area contributed by atoms with Gasteiger partial charge in [0.1, 0.15) is 0 Å². The molecule has 0 radical (unpaired) electrons. The summed E-state index contributed by atoms with van der Waals surface area (Å²) in [7, 11) is 0. The first kappa shape index (κ1) is 9.93. The Bertz CT molecular complexity index is 227. The molecule has 2 saturated heterocycles. The van der Waals surface area contributed by atoms with Crippen molar-refractivity contribution in [2.24, 2.45) is 5.73 Å². The van der Waals surface area contributed by atoms with Crippen LogP contribution in [0.15, 0.2) is 0 Å². The third-order valence-electron chi connectivity index (χ3n) is 3.34. The van der Waals surface area contributed by atoms with Crippen LogP contribution in [0.3, 0.4) is 0 Å². The molecule has 0 aromatic heterocycles. The van der Waals surface area contributed by atoms with E-state index in [1.807, 2.05) is 6.92 Å². The molecule has 4 heteroatoms. The van der Waals surface area contributed by atoms with Crippen molar-refractivity contribution in [1.29, 1.82) is 0 Å². The van der Waals surface area contributed by atoms with Gasteiger partial charge in [-0.3, -0.25) is 0 Å². The first-order valence-corrected chi connectivity index (χ1v) is 5.20. The van der Waals surface area contributed by atoms with Crippen LogP contribution in [0.5, 0.6) is 0 Å². The summed E-state index contributed by atoms with van der Waals surface area (Å²) in [6, 6.07) is 0. The molecule has 2 N–H and O–H groups in total. The molecule has 80 valence electrons. The summed E-state index contributed by atoms with van der Waals surface area (Å²) in [4.78, 5) is 11.7. The minimum atomic E-state index is -0.670. The second-order valence-corrected chi connectivity index (χ2v) is 4.37. The fourth-order valence-corrected chi connectivity index (χ4v) is 2.25. The van der Waals surface area contributed by atoms with Gasteiger partial charge in [0.15, 0.2) is 5.60 Å². The highest BCUT2D eigenvalue weighted by Gasteiger charge is 2.53. The van der Waals surface area contributed by atoms with E-state index in [9.17, 15) is 4.79 Å². The number of hydrogen-bond donors (Lipinski definition) is 1. The number of nitrogens with two attached hydrogens (primary N) is 1. The van der Waals surface area contributed by atoms with Crippen LogP contribution in [0.25, 0.3) is 0 Å². The summed E-state index contributed by atoms with van der Waals surface area (Å²) in [6.07, 6.45) is 3.16. The first-order chi connectivity index (χ1) is 6.60. The predicted molar refractivity (Wildman–Crippen MR) is 50.7 cm³/mol. The third kappa shape index (κ3) is 1.42. The summed E-state index contributed by atoms with van der Waals surface area (Å²) in [6.45, 7) is 2.72. The maximum atomic E-state index is 11.7. The minimum Gasteiger partial charge on any atom is -0.464 e. The molecule has 3 fully saturated rings. The molecule has 3 rings (SSSR count). The lowest BCUT2D eigenvalue weighted by molar-refractivity contribution is -0.198. The van der Waals surface area contributed by atoms with Crippen LogP contribution in [0.4, 0.5) is 0 Å². The standard InChI is InChI=1S/C10H17NO3/c1-2-13-8(12)10-5-3-9(11,4-6-10)7-14-10/h2-7,11H2,1H3. The van der Waals surface area contributed by atoms with Gasteiger partial charge in [0.25, 0.3) is 0 Å². The number of rotatable bonds is 2. The van der Waals surface area contributed by atoms with E-state index in [-0.39, 0.29) is 11.5 Å². The highest BCUT2D eigenvalue weighted by Crippen LogP contribution is 2.42. The Morgan fingerprint density at radius 3 is 2.50 bits per heavy atom. The molecule has 1 aliphatic carbocycles. The van der Waals surface area contributed by atoms with E-state index in [0.717, 1.165) is 12.8 Å². The lowest BCUT2D eigenvalue weighted by Gasteiger charge is -2.49. The normalized spacial score (nSPS) is 41.0. The zero-order valence-corrected chi connectivity index (χ0v) is 8.54. The Kier molecular flexibility index (Phi) is 2.27. The number of ether oxygens (including phenoxy) is 2. The Morgan fingerprint density at radius 2 is 2.07 bits per heavy atom. The molecule has 4 nitrogen and oxygen atoms in total. The number of fused-ring (bicyclic) bond motifs is 3. The zero-order valence-electron chi connectivity index (χ0n) is 8.54. The average Bonchev–Trinajstić information content (AvgIpc) is 2.20. The number of carbonyl (C=O) groups is 1. The van der Waals surface area contributed by atoms with Crippen LogP contribution in [-0.4, -0.2) is 30.3 Å². The molecule has 0 atom stereocenters. The van der Waals surface area contributed by atoms with Crippen molar-refractivity contribution in [2.45, 2.75) is 43.7 Å². The van der Waals surface area contributed by atoms with Crippen molar-refractivity contribution < 1.29 is 14.3 Å². The second kappa shape index (κ2) is 3.21. The summed E-state index contributed by atoms with van der Waals surface area (Å²) in [5.41, 5.74) is 5.20. The lowest BCUT2D eigenvalue weighted by atomic mass is 9.72. The third-order valence-corrected chi connectivity index (χ3v) is 3.34. The van der Waals surface area contributed by atoms with Crippen LogP contribution in [0.2, 0.25) is 0 Å². The van der Waals surface area contributed by atoms with Crippen molar-refractivity contribution in [2.75, 3.05) is 13.2 Å². The molecule has 14 heavy (non-hydrogen) atoms. The van der Waals surface area contributed by atoms with E-state index >= 15 is 0 Å². The van der Waals surface area contributed by atoms with Crippen LogP contribution >= 0.6 is 0 Å². The molecule has 2 aliphatic heterocycles. The molecule has 0 unspecified atom stereocenters. The van der Waals surface area contributed by atoms with Crippen molar-refractivity contribution in [1.82, 2.24) is 0 Å². The van der Waals surface area contributed by atoms with Crippen molar-refractivity contribution in [3.05, 3.63) is 0 Å². The van der Waals surface area contributed by atoms with Crippen molar-refractivity contribution in [3.63, 3.8) is 0 Å². The van der Waals surface area contributed by atoms with Gasteiger partial charge in [-0.2, -0.15) is 0 Å². The molecule has 0 spiro atoms. The van der Waals surface area contributed by atoms with Gasteiger partial charge < -0.3 is 15.2 Å². The predicted octanol–water partition coefficient (Wildman–Crippen LogP) is 0.590. The number of esters is 1. The summed E-state index contributed by atoms with van der Waals surface area (Å²) in [5.74, 6) is -0.207. The Morgan fingerprint density at radius 1 is 1.43 bits per heavy atom. The van der Waals surface area contributed by atoms with Gasteiger partial charge in [-0.05, 0) is 32.6 Å². The zero-order chi connectivity index (χ0) is 10.2. The van der Waals surface area contributed by atoms with Crippen molar-refractivity contribution >= 4 is 5.97 Å². The van der Waals surface area contributed by atoms with E-state index in [4.69, 9.17) is 15.2 Å². The van der Waals surface area contributed by atoms with E-state index < -0.39 is 5.60 Å². The molecule has 3 aliphatic rings. The molecular formula is C10H17NO3. The van der Waals surface area contributed by atoms with Gasteiger partial charge in [-0.15, -0.1) is 0 Å². The Balaban J connectivity index is 2.08. The van der Waals surface area contributed by atoms with E-state index in [2.05, 4.69) is 0 Å². The molecule has 2 bridgehead atoms. The van der Waals surface area contributed by atoms with Crippen LogP contribution in [0, 0.1) is 0 Å². The SMILES string of the molecule is CCOC(=O)C12CCC(N)(CC1)CO2. The van der Waals surface area contributed by atoms with Gasteiger partial charge in [0, 0.05) is 5.54 Å². The maximum Gasteiger partial charge on any atom is 0.338 e. The Labute approximate surface area is 83.7 Å². The van der Waals surface area contributed by atoms with Gasteiger partial charge >= 0.3 is 5.97 Å². The van der Waals surface area contributed by atoms with Gasteiger partial charge in [-0.1, -0.05) is 0 Å². The molecule has 0 aromatic rings. The van der Waals surface area contributed by atoms with Crippen LogP contribution < -0.4 is 5.73 Å². The summed E-state index contributed by atoms with van der Waals surface area (Å²) < 4.78 is 10.6. The quantitative estimate of drug-likeness (QED) is 0.661. The van der Waals surface area contributed by atoms with Crippen molar-refractivity contribution in [3.8, 4) is 0 Å². The monoisotopic (exact) mass is 199 g/mol. The van der Waals surface area contributed by atoms with E-state index in [1.54, 1.807) is 0 Å². The summed E-state index contributed by atoms with van der Waals surface area (Å²) in [5, 5.41) is 0. The van der Waals surface area contributed by atoms with E-state index in [0.29, 0.717) is 26.1 Å². The smallest absolute Gasteiger partial charge is 0.338 e. The molecule has 2 heterocycles. The minimum absolute atomic E-state index is 0.186. The fourth-order valence-electron chi connectivity index (χ4n) is 2.25. The molecular weight excluding hydrogens is 182 g/mol. The van der Waals surface area contributed by atoms with E-state index in [1.165, 1.54) is 0 Å². The van der Waals surface area contributed by atoms with Crippen LogP contribution in [0.1, 0.15) is 32.6 Å². The lowest BCUT2D eigenvalue weighted by Crippen LogP contribution is -2.62. The Hall–Kier alpha value is -0.610. The number of hydrogen-bond acceptors (Lipinski definition) is 4. The maximum absolute atomic E-state index is 11.7. The van der Waals surface area contributed by atoms with Gasteiger partial charge in [0.2, 0.25) is 0 Å². The molecule has 1 saturated carbocycles. The summed E-state index contributed by atoms with van der Waals surface area (Å²) >= 11 is 0. The first-order valence-electron chi connectivity index (χ1n) is 5.20. The van der Waals surface area contributed by atoms with Gasteiger partial charge in [-0.25, -0.2) is 4.79 Å². The molecule has 0 amide bonds. The highest BCUT2D eigenvalue weighted by molar-refractivity contribution is 5.80. The second-order valence-electron chi connectivity index (χ2n) is 4.37. The highest BCUT2D eigenvalue weighted by atomic mass is 16.6. The largest absolute Gasteiger partial charge is 0.464 e. The topological polar surface area (TPSA) is 61.5 Å². The van der Waals surface area contributed by atoms with Gasteiger partial charge in [0.05, 0.1) is 13.2 Å².